The van der Waals surface area contributed by atoms with Crippen molar-refractivity contribution in [2.24, 2.45) is 5.73 Å². The minimum Gasteiger partial charge on any atom is -0.329 e. The zero-order valence-corrected chi connectivity index (χ0v) is 13.2. The van der Waals surface area contributed by atoms with Crippen molar-refractivity contribution >= 4 is 0 Å². The molecule has 1 heterocycles. The summed E-state index contributed by atoms with van der Waals surface area (Å²) < 4.78 is 0. The Kier molecular flexibility index (Phi) is 5.27. The van der Waals surface area contributed by atoms with E-state index in [4.69, 9.17) is 5.73 Å². The van der Waals surface area contributed by atoms with E-state index in [2.05, 4.69) is 30.6 Å². The second kappa shape index (κ2) is 6.55. The van der Waals surface area contributed by atoms with E-state index in [0.29, 0.717) is 6.04 Å². The van der Waals surface area contributed by atoms with E-state index in [1.165, 1.54) is 58.2 Å². The summed E-state index contributed by atoms with van der Waals surface area (Å²) in [5.74, 6) is 0. The molecule has 2 N–H and O–H groups in total. The molecule has 1 saturated heterocycles. The highest BCUT2D eigenvalue weighted by Gasteiger charge is 2.41. The van der Waals surface area contributed by atoms with Crippen LogP contribution in [0.5, 0.6) is 0 Å². The van der Waals surface area contributed by atoms with Gasteiger partial charge in [-0.25, -0.2) is 0 Å². The first-order valence-corrected chi connectivity index (χ1v) is 8.34. The standard InChI is InChI=1S/C16H33N3/c1-4-19(15-7-5-6-8-15)16(13-17)9-11-18(12-10-16)14(2)3/h14-15H,4-13,17H2,1-3H3. The van der Waals surface area contributed by atoms with Gasteiger partial charge in [0.05, 0.1) is 0 Å². The number of likely N-dealkylation sites (N-methyl/N-ethyl adjacent to an activating group) is 1. The molecule has 1 aliphatic carbocycles. The second-order valence-corrected chi connectivity index (χ2v) is 6.78. The van der Waals surface area contributed by atoms with E-state index in [1.54, 1.807) is 0 Å². The minimum atomic E-state index is 0.287. The first-order chi connectivity index (χ1) is 9.13. The number of hydrogen-bond acceptors (Lipinski definition) is 3. The van der Waals surface area contributed by atoms with E-state index >= 15 is 0 Å². The fourth-order valence-electron chi connectivity index (χ4n) is 4.26. The predicted octanol–water partition coefficient (Wildman–Crippen LogP) is 2.45. The van der Waals surface area contributed by atoms with E-state index in [-0.39, 0.29) is 5.54 Å². The van der Waals surface area contributed by atoms with Crippen LogP contribution in [0.15, 0.2) is 0 Å². The van der Waals surface area contributed by atoms with Crippen molar-refractivity contribution in [3.8, 4) is 0 Å². The molecule has 112 valence electrons. The summed E-state index contributed by atoms with van der Waals surface area (Å²) in [5, 5.41) is 0. The van der Waals surface area contributed by atoms with Crippen molar-refractivity contribution in [2.45, 2.75) is 76.9 Å². The molecule has 2 aliphatic rings. The maximum atomic E-state index is 6.24. The van der Waals surface area contributed by atoms with Gasteiger partial charge in [0.2, 0.25) is 0 Å². The lowest BCUT2D eigenvalue weighted by Crippen LogP contribution is -2.62. The molecule has 2 rings (SSSR count). The number of rotatable bonds is 5. The molecular weight excluding hydrogens is 234 g/mol. The van der Waals surface area contributed by atoms with Gasteiger partial charge in [-0.05, 0) is 46.1 Å². The number of likely N-dealkylation sites (tertiary alicyclic amines) is 1. The lowest BCUT2D eigenvalue weighted by Gasteiger charge is -2.51. The van der Waals surface area contributed by atoms with Crippen molar-refractivity contribution in [1.29, 1.82) is 0 Å². The Bertz CT molecular complexity index is 263. The molecule has 0 aromatic rings. The number of nitrogens with two attached hydrogens (primary N) is 1. The number of piperidine rings is 1. The highest BCUT2D eigenvalue weighted by atomic mass is 15.3. The molecule has 1 aliphatic heterocycles. The molecular formula is C16H33N3. The topological polar surface area (TPSA) is 32.5 Å². The minimum absolute atomic E-state index is 0.287. The Morgan fingerprint density at radius 3 is 2.21 bits per heavy atom. The van der Waals surface area contributed by atoms with Gasteiger partial charge in [0.25, 0.3) is 0 Å². The SMILES string of the molecule is CCN(C1CCCC1)C1(CN)CCN(C(C)C)CC1. The molecule has 0 radical (unpaired) electrons. The Balaban J connectivity index is 2.04. The van der Waals surface area contributed by atoms with Crippen molar-refractivity contribution in [3.05, 3.63) is 0 Å². The van der Waals surface area contributed by atoms with E-state index in [1.807, 2.05) is 0 Å². The van der Waals surface area contributed by atoms with Crippen molar-refractivity contribution in [3.63, 3.8) is 0 Å². The van der Waals surface area contributed by atoms with Crippen LogP contribution in [-0.2, 0) is 0 Å². The Hall–Kier alpha value is -0.120. The van der Waals surface area contributed by atoms with E-state index in [9.17, 15) is 0 Å². The quantitative estimate of drug-likeness (QED) is 0.830. The van der Waals surface area contributed by atoms with Gasteiger partial charge < -0.3 is 10.6 Å². The predicted molar refractivity (Wildman–Crippen MR) is 82.4 cm³/mol. The summed E-state index contributed by atoms with van der Waals surface area (Å²) in [6.07, 6.45) is 8.13. The van der Waals surface area contributed by atoms with Gasteiger partial charge in [-0.15, -0.1) is 0 Å². The van der Waals surface area contributed by atoms with Crippen LogP contribution in [0, 0.1) is 0 Å². The molecule has 1 saturated carbocycles. The Labute approximate surface area is 119 Å². The third-order valence-corrected chi connectivity index (χ3v) is 5.55. The van der Waals surface area contributed by atoms with Crippen LogP contribution in [0.2, 0.25) is 0 Å². The lowest BCUT2D eigenvalue weighted by molar-refractivity contribution is -0.00502. The molecule has 0 unspecified atom stereocenters. The summed E-state index contributed by atoms with van der Waals surface area (Å²) in [6, 6.07) is 1.48. The zero-order valence-electron chi connectivity index (χ0n) is 13.2. The van der Waals surface area contributed by atoms with Crippen LogP contribution in [0.3, 0.4) is 0 Å². The molecule has 0 amide bonds. The normalized spacial score (nSPS) is 25.6. The fourth-order valence-corrected chi connectivity index (χ4v) is 4.26. The van der Waals surface area contributed by atoms with Crippen LogP contribution in [0.25, 0.3) is 0 Å². The maximum Gasteiger partial charge on any atom is 0.0358 e. The summed E-state index contributed by atoms with van der Waals surface area (Å²) in [6.45, 7) is 11.4. The van der Waals surface area contributed by atoms with Gasteiger partial charge in [0.1, 0.15) is 0 Å². The summed E-state index contributed by atoms with van der Waals surface area (Å²) >= 11 is 0. The highest BCUT2D eigenvalue weighted by Crippen LogP contribution is 2.35. The molecule has 0 aromatic carbocycles. The molecule has 2 fully saturated rings. The molecule has 19 heavy (non-hydrogen) atoms. The van der Waals surface area contributed by atoms with Gasteiger partial charge in [-0.1, -0.05) is 19.8 Å². The Morgan fingerprint density at radius 2 is 1.79 bits per heavy atom. The van der Waals surface area contributed by atoms with Crippen LogP contribution >= 0.6 is 0 Å². The molecule has 3 heteroatoms. The number of nitrogens with zero attached hydrogens (tertiary/aromatic N) is 2. The highest BCUT2D eigenvalue weighted by molar-refractivity contribution is 4.99. The first-order valence-electron chi connectivity index (χ1n) is 8.34. The van der Waals surface area contributed by atoms with Gasteiger partial charge in [0, 0.05) is 37.3 Å². The van der Waals surface area contributed by atoms with Gasteiger partial charge in [0.15, 0.2) is 0 Å². The third kappa shape index (κ3) is 3.14. The third-order valence-electron chi connectivity index (χ3n) is 5.55. The van der Waals surface area contributed by atoms with Gasteiger partial charge in [-0.2, -0.15) is 0 Å². The summed E-state index contributed by atoms with van der Waals surface area (Å²) in [5.41, 5.74) is 6.53. The van der Waals surface area contributed by atoms with Crippen LogP contribution in [0.1, 0.15) is 59.3 Å². The monoisotopic (exact) mass is 267 g/mol. The van der Waals surface area contributed by atoms with Gasteiger partial charge in [-0.3, -0.25) is 4.90 Å². The Morgan fingerprint density at radius 1 is 1.21 bits per heavy atom. The molecule has 0 atom stereocenters. The largest absolute Gasteiger partial charge is 0.329 e. The molecule has 0 spiro atoms. The van der Waals surface area contributed by atoms with Gasteiger partial charge >= 0.3 is 0 Å². The molecule has 0 aromatic heterocycles. The number of hydrogen-bond donors (Lipinski definition) is 1. The lowest BCUT2D eigenvalue weighted by atomic mass is 9.83. The molecule has 3 nitrogen and oxygen atoms in total. The van der Waals surface area contributed by atoms with E-state index < -0.39 is 0 Å². The average Bonchev–Trinajstić information content (AvgIpc) is 2.94. The van der Waals surface area contributed by atoms with E-state index in [0.717, 1.165) is 12.6 Å². The zero-order chi connectivity index (χ0) is 13.9. The first kappa shape index (κ1) is 15.3. The summed E-state index contributed by atoms with van der Waals surface area (Å²) in [7, 11) is 0. The maximum absolute atomic E-state index is 6.24. The van der Waals surface area contributed by atoms with Crippen molar-refractivity contribution in [2.75, 3.05) is 26.2 Å². The fraction of sp³-hybridized carbons (Fsp3) is 1.00. The second-order valence-electron chi connectivity index (χ2n) is 6.78. The van der Waals surface area contributed by atoms with Crippen molar-refractivity contribution in [1.82, 2.24) is 9.80 Å². The summed E-state index contributed by atoms with van der Waals surface area (Å²) in [4.78, 5) is 5.38. The molecule has 0 bridgehead atoms. The van der Waals surface area contributed by atoms with Crippen LogP contribution in [-0.4, -0.2) is 53.6 Å². The van der Waals surface area contributed by atoms with Crippen LogP contribution in [0.4, 0.5) is 0 Å². The smallest absolute Gasteiger partial charge is 0.0358 e. The van der Waals surface area contributed by atoms with Crippen molar-refractivity contribution < 1.29 is 0 Å². The average molecular weight is 267 g/mol. The van der Waals surface area contributed by atoms with Crippen LogP contribution < -0.4 is 5.73 Å².